The first kappa shape index (κ1) is 50.1. The molecule has 0 bridgehead atoms. The van der Waals surface area contributed by atoms with E-state index in [4.69, 9.17) is 42.6 Å². The van der Waals surface area contributed by atoms with Crippen LogP contribution >= 0.6 is 0 Å². The smallest absolute Gasteiger partial charge is 0.311 e. The summed E-state index contributed by atoms with van der Waals surface area (Å²) in [5, 5.41) is 34.2. The zero-order valence-corrected chi connectivity index (χ0v) is 37.2. The molecule has 0 aliphatic carbocycles. The van der Waals surface area contributed by atoms with Gasteiger partial charge in [-0.05, 0) is 53.9 Å². The van der Waals surface area contributed by atoms with Crippen molar-refractivity contribution in [1.29, 1.82) is 0 Å². The van der Waals surface area contributed by atoms with Gasteiger partial charge in [0.05, 0.1) is 48.5 Å². The minimum atomic E-state index is -1.99. The van der Waals surface area contributed by atoms with E-state index < -0.39 is 138 Å². The standard InChI is InChI=1S/C42H72O16/c1-19-17-41(12,49)37(47)24(6)35(54-28(10)44)23(5)34(21(3)26(8)43)57-39(48)25(7)36(22(4)33(19)58-40-32(46)30(50-14)16-20(2)52-40)56-31-18-42(13,51-15)38(27(9)53-31)55-29(11)45/h19-27,30-36,38,40,43,46,49H,16-18H2,1-15H3. The van der Waals surface area contributed by atoms with E-state index in [1.54, 1.807) is 62.3 Å². The van der Waals surface area contributed by atoms with E-state index in [1.807, 2.05) is 6.92 Å². The topological polar surface area (TPSA) is 212 Å². The number of carbonyl (C=O) groups excluding carboxylic acids is 4. The second-order valence-electron chi connectivity index (χ2n) is 17.7. The van der Waals surface area contributed by atoms with Crippen LogP contribution in [0.15, 0.2) is 0 Å². The summed E-state index contributed by atoms with van der Waals surface area (Å²) in [7, 11) is 2.98. The average Bonchev–Trinajstić information content (AvgIpc) is 3.13. The van der Waals surface area contributed by atoms with Crippen molar-refractivity contribution < 1.29 is 77.1 Å². The second kappa shape index (κ2) is 20.5. The molecule has 0 saturated carbocycles. The fourth-order valence-corrected chi connectivity index (χ4v) is 9.20. The van der Waals surface area contributed by atoms with Crippen molar-refractivity contribution in [1.82, 2.24) is 0 Å². The molecule has 3 rings (SSSR count). The van der Waals surface area contributed by atoms with Gasteiger partial charge in [0.1, 0.15) is 29.5 Å². The molecule has 3 heterocycles. The van der Waals surface area contributed by atoms with Crippen molar-refractivity contribution in [3.63, 3.8) is 0 Å². The Hall–Kier alpha value is -2.28. The van der Waals surface area contributed by atoms with Crippen LogP contribution in [0.1, 0.15) is 109 Å². The highest BCUT2D eigenvalue weighted by Crippen LogP contribution is 2.41. The molecule has 0 radical (unpaired) electrons. The van der Waals surface area contributed by atoms with Crippen LogP contribution in [0.5, 0.6) is 0 Å². The Morgan fingerprint density at radius 3 is 1.97 bits per heavy atom. The van der Waals surface area contributed by atoms with Crippen LogP contribution < -0.4 is 0 Å². The van der Waals surface area contributed by atoms with Crippen molar-refractivity contribution in [3.8, 4) is 0 Å². The van der Waals surface area contributed by atoms with Gasteiger partial charge in [0.2, 0.25) is 0 Å². The van der Waals surface area contributed by atoms with Gasteiger partial charge in [0.25, 0.3) is 0 Å². The van der Waals surface area contributed by atoms with Gasteiger partial charge in [0, 0.05) is 58.7 Å². The van der Waals surface area contributed by atoms with Gasteiger partial charge in [-0.3, -0.25) is 19.2 Å². The number of cyclic esters (lactones) is 1. The molecule has 0 spiro atoms. The lowest BCUT2D eigenvalue weighted by Gasteiger charge is -2.48. The van der Waals surface area contributed by atoms with Crippen LogP contribution in [0, 0.1) is 35.5 Å². The predicted molar refractivity (Wildman–Crippen MR) is 208 cm³/mol. The average molecular weight is 833 g/mol. The number of Topliss-reactive ketones (excluding diaryl/α,β-unsaturated/α-hetero) is 1. The van der Waals surface area contributed by atoms with Crippen LogP contribution in [-0.2, 0) is 61.8 Å². The third kappa shape index (κ3) is 11.8. The van der Waals surface area contributed by atoms with Crippen molar-refractivity contribution in [2.75, 3.05) is 14.2 Å². The molecular weight excluding hydrogens is 760 g/mol. The summed E-state index contributed by atoms with van der Waals surface area (Å²) >= 11 is 0. The number of ketones is 1. The van der Waals surface area contributed by atoms with Gasteiger partial charge < -0.3 is 58.0 Å². The largest absolute Gasteiger partial charge is 0.461 e. The van der Waals surface area contributed by atoms with Crippen molar-refractivity contribution in [3.05, 3.63) is 0 Å². The lowest BCUT2D eigenvalue weighted by atomic mass is 9.74. The van der Waals surface area contributed by atoms with Crippen LogP contribution in [0.2, 0.25) is 0 Å². The molecule has 20 unspecified atom stereocenters. The van der Waals surface area contributed by atoms with Crippen LogP contribution in [-0.4, -0.2) is 138 Å². The Labute approximate surface area is 344 Å². The Balaban J connectivity index is 2.24. The molecule has 16 nitrogen and oxygen atoms in total. The van der Waals surface area contributed by atoms with E-state index in [0.29, 0.717) is 6.42 Å². The summed E-state index contributed by atoms with van der Waals surface area (Å²) in [6.45, 7) is 20.9. The number of aliphatic hydroxyl groups excluding tert-OH is 2. The number of ether oxygens (including phenoxy) is 9. The number of esters is 3. The zero-order valence-electron chi connectivity index (χ0n) is 37.2. The fourth-order valence-electron chi connectivity index (χ4n) is 9.20. The first-order chi connectivity index (χ1) is 26.8. The van der Waals surface area contributed by atoms with Crippen LogP contribution in [0.4, 0.5) is 0 Å². The molecule has 3 fully saturated rings. The molecule has 3 aliphatic heterocycles. The van der Waals surface area contributed by atoms with E-state index in [0.717, 1.165) is 0 Å². The molecule has 0 aromatic rings. The van der Waals surface area contributed by atoms with E-state index >= 15 is 0 Å². The van der Waals surface area contributed by atoms with Gasteiger partial charge in [-0.25, -0.2) is 0 Å². The fraction of sp³-hybridized carbons (Fsp3) is 0.905. The van der Waals surface area contributed by atoms with Gasteiger partial charge in [-0.15, -0.1) is 0 Å². The molecule has 3 N–H and O–H groups in total. The van der Waals surface area contributed by atoms with E-state index in [2.05, 4.69) is 0 Å². The number of hydrogen-bond donors (Lipinski definition) is 3. The molecule has 0 aromatic heterocycles. The second-order valence-corrected chi connectivity index (χ2v) is 17.7. The highest BCUT2D eigenvalue weighted by atomic mass is 16.7. The molecular formula is C42H72O16. The Kier molecular flexibility index (Phi) is 17.7. The Morgan fingerprint density at radius 1 is 0.828 bits per heavy atom. The molecule has 336 valence electrons. The highest BCUT2D eigenvalue weighted by Gasteiger charge is 2.53. The maximum absolute atomic E-state index is 14.6. The van der Waals surface area contributed by atoms with Crippen molar-refractivity contribution in [2.24, 2.45) is 35.5 Å². The van der Waals surface area contributed by atoms with Gasteiger partial charge >= 0.3 is 17.9 Å². The van der Waals surface area contributed by atoms with Crippen LogP contribution in [0.3, 0.4) is 0 Å². The molecule has 0 aromatic carbocycles. The third-order valence-corrected chi connectivity index (χ3v) is 12.7. The minimum absolute atomic E-state index is 0.0826. The molecule has 20 atom stereocenters. The molecule has 0 amide bonds. The third-order valence-electron chi connectivity index (χ3n) is 12.7. The summed E-state index contributed by atoms with van der Waals surface area (Å²) in [5.41, 5.74) is -3.06. The normalized spacial score (nSPS) is 44.7. The van der Waals surface area contributed by atoms with E-state index in [9.17, 15) is 34.5 Å². The quantitative estimate of drug-likeness (QED) is 0.212. The number of aliphatic hydroxyl groups is 3. The van der Waals surface area contributed by atoms with E-state index in [-0.39, 0.29) is 18.9 Å². The van der Waals surface area contributed by atoms with Crippen LogP contribution in [0.25, 0.3) is 0 Å². The number of hydrogen-bond acceptors (Lipinski definition) is 16. The number of carbonyl (C=O) groups is 4. The Morgan fingerprint density at radius 2 is 1.43 bits per heavy atom. The maximum Gasteiger partial charge on any atom is 0.311 e. The van der Waals surface area contributed by atoms with Gasteiger partial charge in [-0.1, -0.05) is 34.6 Å². The lowest BCUT2D eigenvalue weighted by Crippen LogP contribution is -2.59. The number of methoxy groups -OCH3 is 2. The Bertz CT molecular complexity index is 1390. The van der Waals surface area contributed by atoms with Gasteiger partial charge in [0.15, 0.2) is 24.5 Å². The molecule has 16 heteroatoms. The SMILES string of the molecule is COC1CC(C)OC(OC2C(C)CC(C)(O)C(=O)C(C)C(OC(C)=O)C(C)C(C(C)C(C)O)OC(=O)C(C)C(OC3CC(C)(OC)C(OC(C)=O)C(C)O3)C2C)C1O. The predicted octanol–water partition coefficient (Wildman–Crippen LogP) is 3.50. The monoisotopic (exact) mass is 832 g/mol. The zero-order chi connectivity index (χ0) is 44.2. The summed E-state index contributed by atoms with van der Waals surface area (Å²) < 4.78 is 55.0. The minimum Gasteiger partial charge on any atom is -0.461 e. The maximum atomic E-state index is 14.6. The first-order valence-corrected chi connectivity index (χ1v) is 20.7. The van der Waals surface area contributed by atoms with Crippen molar-refractivity contribution >= 4 is 23.7 Å². The first-order valence-electron chi connectivity index (χ1n) is 20.7. The summed E-state index contributed by atoms with van der Waals surface area (Å²) in [6.07, 6.45) is -10.8. The van der Waals surface area contributed by atoms with Gasteiger partial charge in [-0.2, -0.15) is 0 Å². The molecule has 58 heavy (non-hydrogen) atoms. The molecule has 3 saturated heterocycles. The summed E-state index contributed by atoms with van der Waals surface area (Å²) in [6, 6.07) is 0. The highest BCUT2D eigenvalue weighted by molar-refractivity contribution is 5.89. The van der Waals surface area contributed by atoms with E-state index in [1.165, 1.54) is 35.0 Å². The van der Waals surface area contributed by atoms with Crippen molar-refractivity contribution in [2.45, 2.75) is 194 Å². The molecule has 3 aliphatic rings. The lowest BCUT2D eigenvalue weighted by molar-refractivity contribution is -0.313. The summed E-state index contributed by atoms with van der Waals surface area (Å²) in [5.74, 6) is -7.59. The summed E-state index contributed by atoms with van der Waals surface area (Å²) in [4.78, 5) is 53.5. The number of rotatable bonds is 10.